The van der Waals surface area contributed by atoms with Gasteiger partial charge in [-0.25, -0.2) is 4.79 Å². The molecule has 0 aromatic heterocycles. The van der Waals surface area contributed by atoms with Gasteiger partial charge in [0.15, 0.2) is 0 Å². The molecule has 2 heterocycles. The monoisotopic (exact) mass is 651 g/mol. The van der Waals surface area contributed by atoms with Crippen molar-refractivity contribution in [3.8, 4) is 11.8 Å². The number of amides is 2. The largest absolute Gasteiger partial charge is 0.489 e. The molecule has 0 spiro atoms. The van der Waals surface area contributed by atoms with Gasteiger partial charge in [-0.15, -0.1) is 0 Å². The Morgan fingerprint density at radius 2 is 1.65 bits per heavy atom. The SMILES string of the molecule is CC1(C)C(NC(=O)Nc2ccc(N3CCC(COC4CCN(CC(=O)O)CC4)CC3)cc2)C(C)(C)C1Oc1ccc(C#N)c(Cl)c1. The third-order valence-electron chi connectivity index (χ3n) is 10.00. The number of carbonyl (C=O) groups excluding carboxylic acids is 1. The van der Waals surface area contributed by atoms with E-state index in [1.54, 1.807) is 18.2 Å². The van der Waals surface area contributed by atoms with Crippen molar-refractivity contribution < 1.29 is 24.2 Å². The lowest BCUT2D eigenvalue weighted by atomic mass is 9.49. The third kappa shape index (κ3) is 7.71. The molecule has 2 aliphatic heterocycles. The number of rotatable bonds is 10. The van der Waals surface area contributed by atoms with Crippen LogP contribution in [0.25, 0.3) is 0 Å². The van der Waals surface area contributed by atoms with Gasteiger partial charge in [-0.05, 0) is 68.0 Å². The summed E-state index contributed by atoms with van der Waals surface area (Å²) < 4.78 is 12.5. The predicted octanol–water partition coefficient (Wildman–Crippen LogP) is 6.00. The number of carbonyl (C=O) groups is 2. The van der Waals surface area contributed by atoms with Crippen molar-refractivity contribution in [3.05, 3.63) is 53.1 Å². The highest BCUT2D eigenvalue weighted by atomic mass is 35.5. The van der Waals surface area contributed by atoms with Gasteiger partial charge in [0.2, 0.25) is 0 Å². The van der Waals surface area contributed by atoms with E-state index in [0.29, 0.717) is 22.3 Å². The predicted molar refractivity (Wildman–Crippen MR) is 179 cm³/mol. The summed E-state index contributed by atoms with van der Waals surface area (Å²) in [4.78, 5) is 28.3. The molecule has 1 saturated carbocycles. The molecule has 11 heteroatoms. The molecule has 2 saturated heterocycles. The highest BCUT2D eigenvalue weighted by Crippen LogP contribution is 2.55. The molecule has 0 unspecified atom stereocenters. The number of carboxylic acid groups (broad SMARTS) is 1. The Morgan fingerprint density at radius 1 is 1.00 bits per heavy atom. The second-order valence-electron chi connectivity index (χ2n) is 14.1. The van der Waals surface area contributed by atoms with Crippen molar-refractivity contribution in [1.29, 1.82) is 5.26 Å². The molecule has 0 bridgehead atoms. The number of nitrogens with zero attached hydrogens (tertiary/aromatic N) is 3. The van der Waals surface area contributed by atoms with E-state index < -0.39 is 5.97 Å². The zero-order valence-corrected chi connectivity index (χ0v) is 28.0. The molecule has 5 rings (SSSR count). The molecular weight excluding hydrogens is 606 g/mol. The van der Waals surface area contributed by atoms with Gasteiger partial charge in [0, 0.05) is 67.1 Å². The fourth-order valence-corrected chi connectivity index (χ4v) is 7.92. The van der Waals surface area contributed by atoms with Crippen LogP contribution in [0.4, 0.5) is 16.2 Å². The summed E-state index contributed by atoms with van der Waals surface area (Å²) in [6.07, 6.45) is 3.97. The van der Waals surface area contributed by atoms with Gasteiger partial charge in [-0.1, -0.05) is 39.3 Å². The number of carboxylic acids is 1. The van der Waals surface area contributed by atoms with Crippen LogP contribution in [0.2, 0.25) is 5.02 Å². The first-order valence-electron chi connectivity index (χ1n) is 16.2. The van der Waals surface area contributed by atoms with Gasteiger partial charge in [0.05, 0.1) is 23.2 Å². The second kappa shape index (κ2) is 14.1. The van der Waals surface area contributed by atoms with E-state index in [0.717, 1.165) is 69.8 Å². The highest BCUT2D eigenvalue weighted by Gasteiger charge is 2.64. The Bertz CT molecular complexity index is 1410. The molecule has 46 heavy (non-hydrogen) atoms. The number of likely N-dealkylation sites (tertiary alicyclic amines) is 1. The molecule has 0 atom stereocenters. The molecule has 248 valence electrons. The summed E-state index contributed by atoms with van der Waals surface area (Å²) in [6.45, 7) is 12.7. The summed E-state index contributed by atoms with van der Waals surface area (Å²) >= 11 is 6.21. The smallest absolute Gasteiger partial charge is 0.319 e. The highest BCUT2D eigenvalue weighted by molar-refractivity contribution is 6.31. The fourth-order valence-electron chi connectivity index (χ4n) is 7.70. The maximum atomic E-state index is 13.1. The normalized spacial score (nSPS) is 23.2. The van der Waals surface area contributed by atoms with Gasteiger partial charge >= 0.3 is 12.0 Å². The van der Waals surface area contributed by atoms with Crippen LogP contribution in [0.3, 0.4) is 0 Å². The number of hydrogen-bond acceptors (Lipinski definition) is 7. The van der Waals surface area contributed by atoms with Gasteiger partial charge in [-0.2, -0.15) is 5.26 Å². The standard InChI is InChI=1S/C35H46ClN5O5/c1-34(2)31(35(3,4)32(34)46-28-10-5-24(20-37)29(36)19-28)39-33(44)38-25-6-8-26(9-7-25)41-17-11-23(12-18-41)22-45-27-13-15-40(16-14-27)21-30(42)43/h5-10,19,23,27,31-32H,11-18,21-22H2,1-4H3,(H,42,43)(H2,38,39,44). The summed E-state index contributed by atoms with van der Waals surface area (Å²) in [6, 6.07) is 14.7. The minimum absolute atomic E-state index is 0.113. The Labute approximate surface area is 277 Å². The minimum Gasteiger partial charge on any atom is -0.489 e. The van der Waals surface area contributed by atoms with Crippen molar-refractivity contribution in [2.24, 2.45) is 16.7 Å². The Morgan fingerprint density at radius 3 is 2.24 bits per heavy atom. The van der Waals surface area contributed by atoms with Crippen LogP contribution >= 0.6 is 11.6 Å². The molecular formula is C35H46ClN5O5. The number of benzene rings is 2. The summed E-state index contributed by atoms with van der Waals surface area (Å²) in [5, 5.41) is 24.7. The molecule has 2 amide bonds. The Hall–Kier alpha value is -3.52. The molecule has 3 fully saturated rings. The number of piperidine rings is 2. The first-order chi connectivity index (χ1) is 21.9. The van der Waals surface area contributed by atoms with Crippen LogP contribution in [-0.4, -0.2) is 79.6 Å². The number of urea groups is 1. The minimum atomic E-state index is -0.769. The number of aliphatic carboxylic acids is 1. The van der Waals surface area contributed by atoms with Crippen molar-refractivity contribution in [3.63, 3.8) is 0 Å². The second-order valence-corrected chi connectivity index (χ2v) is 14.5. The van der Waals surface area contributed by atoms with Crippen LogP contribution in [0.15, 0.2) is 42.5 Å². The van der Waals surface area contributed by atoms with Crippen molar-refractivity contribution in [2.45, 2.75) is 71.6 Å². The van der Waals surface area contributed by atoms with Gasteiger partial charge in [0.1, 0.15) is 17.9 Å². The van der Waals surface area contributed by atoms with Gasteiger partial charge in [-0.3, -0.25) is 9.69 Å². The molecule has 3 N–H and O–H groups in total. The lowest BCUT2D eigenvalue weighted by molar-refractivity contribution is -0.163. The van der Waals surface area contributed by atoms with Crippen LogP contribution in [-0.2, 0) is 9.53 Å². The summed E-state index contributed by atoms with van der Waals surface area (Å²) in [5.41, 5.74) is 1.58. The molecule has 3 aliphatic rings. The molecule has 0 radical (unpaired) electrons. The van der Waals surface area contributed by atoms with E-state index >= 15 is 0 Å². The fraction of sp³-hybridized carbons (Fsp3) is 0.571. The lowest BCUT2D eigenvalue weighted by Gasteiger charge is -2.63. The average molecular weight is 652 g/mol. The maximum Gasteiger partial charge on any atom is 0.319 e. The van der Waals surface area contributed by atoms with E-state index in [9.17, 15) is 9.59 Å². The number of nitrogens with one attached hydrogen (secondary N) is 2. The average Bonchev–Trinajstić information content (AvgIpc) is 3.02. The van der Waals surface area contributed by atoms with Crippen LogP contribution in [0, 0.1) is 28.1 Å². The number of anilines is 2. The van der Waals surface area contributed by atoms with E-state index in [1.165, 1.54) is 0 Å². The number of nitriles is 1. The molecule has 2 aromatic carbocycles. The van der Waals surface area contributed by atoms with Crippen LogP contribution < -0.4 is 20.3 Å². The Balaban J connectivity index is 1.05. The molecule has 2 aromatic rings. The zero-order chi connectivity index (χ0) is 33.1. The number of hydrogen-bond donors (Lipinski definition) is 3. The van der Waals surface area contributed by atoms with E-state index in [-0.39, 0.29) is 41.7 Å². The summed E-state index contributed by atoms with van der Waals surface area (Å²) in [7, 11) is 0. The van der Waals surface area contributed by atoms with E-state index in [1.807, 2.05) is 17.0 Å². The maximum absolute atomic E-state index is 13.1. The van der Waals surface area contributed by atoms with Gasteiger partial charge in [0.25, 0.3) is 0 Å². The van der Waals surface area contributed by atoms with Crippen molar-refractivity contribution >= 4 is 35.0 Å². The topological polar surface area (TPSA) is 127 Å². The molecule has 10 nitrogen and oxygen atoms in total. The zero-order valence-electron chi connectivity index (χ0n) is 27.2. The first kappa shape index (κ1) is 33.8. The lowest BCUT2D eigenvalue weighted by Crippen LogP contribution is -2.75. The van der Waals surface area contributed by atoms with E-state index in [4.69, 9.17) is 31.4 Å². The van der Waals surface area contributed by atoms with Crippen molar-refractivity contribution in [2.75, 3.05) is 49.5 Å². The Kier molecular flexibility index (Phi) is 10.4. The summed E-state index contributed by atoms with van der Waals surface area (Å²) in [5.74, 6) is 0.363. The number of ether oxygens (including phenoxy) is 2. The van der Waals surface area contributed by atoms with Crippen LogP contribution in [0.1, 0.15) is 58.9 Å². The van der Waals surface area contributed by atoms with Crippen molar-refractivity contribution in [1.82, 2.24) is 10.2 Å². The van der Waals surface area contributed by atoms with Crippen LogP contribution in [0.5, 0.6) is 5.75 Å². The quantitative estimate of drug-likeness (QED) is 0.286. The number of halogens is 1. The van der Waals surface area contributed by atoms with Gasteiger partial charge < -0.3 is 30.1 Å². The first-order valence-corrected chi connectivity index (χ1v) is 16.6. The third-order valence-corrected chi connectivity index (χ3v) is 10.3. The van der Waals surface area contributed by atoms with E-state index in [2.05, 4.69) is 61.4 Å². The molecule has 1 aliphatic carbocycles.